The second kappa shape index (κ2) is 10.1. The lowest BCUT2D eigenvalue weighted by Crippen LogP contribution is -2.36. The van der Waals surface area contributed by atoms with E-state index in [4.69, 9.17) is 9.47 Å². The molecular formula is C24H28N2O4. The van der Waals surface area contributed by atoms with Crippen LogP contribution in [0.1, 0.15) is 25.8 Å². The Morgan fingerprint density at radius 1 is 0.933 bits per heavy atom. The van der Waals surface area contributed by atoms with Crippen molar-refractivity contribution < 1.29 is 19.1 Å². The van der Waals surface area contributed by atoms with E-state index < -0.39 is 0 Å². The number of imide groups is 1. The quantitative estimate of drug-likeness (QED) is 0.443. The van der Waals surface area contributed by atoms with E-state index in [2.05, 4.69) is 0 Å². The van der Waals surface area contributed by atoms with E-state index in [1.54, 1.807) is 13.2 Å². The number of rotatable bonds is 10. The van der Waals surface area contributed by atoms with Crippen LogP contribution in [0.2, 0.25) is 0 Å². The van der Waals surface area contributed by atoms with E-state index in [-0.39, 0.29) is 11.8 Å². The first-order valence-corrected chi connectivity index (χ1v) is 10.3. The molecule has 2 aromatic carbocycles. The minimum atomic E-state index is -0.301. The standard InChI is InChI=1S/C24H28N2O4/c1-4-25(18-12-7-6-8-13-18)22-21(19-14-9-10-15-20(19)29-3)23(27)26(24(22)28)16-11-17-30-5-2/h6-10,12-15H,4-5,11,16-17H2,1-3H3. The van der Waals surface area contributed by atoms with Crippen LogP contribution in [-0.4, -0.2) is 50.1 Å². The number of para-hydroxylation sites is 2. The molecule has 0 atom stereocenters. The predicted molar refractivity (Wildman–Crippen MR) is 117 cm³/mol. The van der Waals surface area contributed by atoms with Gasteiger partial charge in [0, 0.05) is 37.6 Å². The number of likely N-dealkylation sites (N-methyl/N-ethyl adjacent to an activating group) is 1. The van der Waals surface area contributed by atoms with E-state index in [9.17, 15) is 9.59 Å². The fourth-order valence-corrected chi connectivity index (χ4v) is 3.66. The Hall–Kier alpha value is -3.12. The molecule has 0 radical (unpaired) electrons. The lowest BCUT2D eigenvalue weighted by Gasteiger charge is -2.25. The van der Waals surface area contributed by atoms with E-state index in [0.717, 1.165) is 5.69 Å². The summed E-state index contributed by atoms with van der Waals surface area (Å²) in [5.74, 6) is -0.0279. The number of amides is 2. The Morgan fingerprint density at radius 3 is 2.30 bits per heavy atom. The van der Waals surface area contributed by atoms with Crippen molar-refractivity contribution in [1.82, 2.24) is 4.90 Å². The maximum absolute atomic E-state index is 13.5. The van der Waals surface area contributed by atoms with Crippen LogP contribution in [0, 0.1) is 0 Å². The third kappa shape index (κ3) is 4.24. The van der Waals surface area contributed by atoms with Crippen molar-refractivity contribution >= 4 is 23.1 Å². The summed E-state index contributed by atoms with van der Waals surface area (Å²) in [5, 5.41) is 0. The molecule has 0 N–H and O–H groups in total. The number of benzene rings is 2. The summed E-state index contributed by atoms with van der Waals surface area (Å²) >= 11 is 0. The number of nitrogens with zero attached hydrogens (tertiary/aromatic N) is 2. The summed E-state index contributed by atoms with van der Waals surface area (Å²) in [6.45, 7) is 5.86. The predicted octanol–water partition coefficient (Wildman–Crippen LogP) is 3.73. The van der Waals surface area contributed by atoms with Gasteiger partial charge in [-0.1, -0.05) is 36.4 Å². The van der Waals surface area contributed by atoms with Crippen LogP contribution in [-0.2, 0) is 14.3 Å². The van der Waals surface area contributed by atoms with Crippen molar-refractivity contribution in [3.05, 3.63) is 65.9 Å². The zero-order chi connectivity index (χ0) is 21.5. The van der Waals surface area contributed by atoms with Crippen LogP contribution in [0.15, 0.2) is 60.3 Å². The van der Waals surface area contributed by atoms with Gasteiger partial charge >= 0.3 is 0 Å². The Bertz CT molecular complexity index is 924. The molecule has 0 saturated heterocycles. The summed E-state index contributed by atoms with van der Waals surface area (Å²) < 4.78 is 10.9. The van der Waals surface area contributed by atoms with Gasteiger partial charge in [-0.15, -0.1) is 0 Å². The largest absolute Gasteiger partial charge is 0.496 e. The monoisotopic (exact) mass is 408 g/mol. The minimum Gasteiger partial charge on any atom is -0.496 e. The van der Waals surface area contributed by atoms with E-state index in [1.807, 2.05) is 67.3 Å². The number of carbonyl (C=O) groups is 2. The average Bonchev–Trinajstić information content (AvgIpc) is 3.02. The SMILES string of the molecule is CCOCCCN1C(=O)C(c2ccccc2OC)=C(N(CC)c2ccccc2)C1=O. The highest BCUT2D eigenvalue weighted by Crippen LogP contribution is 2.37. The third-order valence-corrected chi connectivity index (χ3v) is 5.05. The molecule has 6 nitrogen and oxygen atoms in total. The zero-order valence-corrected chi connectivity index (χ0v) is 17.8. The second-order valence-electron chi connectivity index (χ2n) is 6.82. The Labute approximate surface area is 177 Å². The van der Waals surface area contributed by atoms with Crippen molar-refractivity contribution in [3.63, 3.8) is 0 Å². The van der Waals surface area contributed by atoms with Crippen LogP contribution < -0.4 is 9.64 Å². The van der Waals surface area contributed by atoms with Gasteiger partial charge in [-0.25, -0.2) is 0 Å². The van der Waals surface area contributed by atoms with Crippen molar-refractivity contribution in [3.8, 4) is 5.75 Å². The highest BCUT2D eigenvalue weighted by Gasteiger charge is 2.42. The van der Waals surface area contributed by atoms with Crippen LogP contribution in [0.5, 0.6) is 5.75 Å². The van der Waals surface area contributed by atoms with Gasteiger partial charge in [0.2, 0.25) is 0 Å². The lowest BCUT2D eigenvalue weighted by molar-refractivity contribution is -0.137. The normalized spacial score (nSPS) is 13.9. The molecule has 1 heterocycles. The number of methoxy groups -OCH3 is 1. The number of hydrogen-bond donors (Lipinski definition) is 0. The Kier molecular flexibility index (Phi) is 7.25. The number of carbonyl (C=O) groups excluding carboxylic acids is 2. The van der Waals surface area contributed by atoms with Gasteiger partial charge in [0.25, 0.3) is 11.8 Å². The summed E-state index contributed by atoms with van der Waals surface area (Å²) in [7, 11) is 1.56. The Morgan fingerprint density at radius 2 is 1.63 bits per heavy atom. The summed E-state index contributed by atoms with van der Waals surface area (Å²) in [6, 6.07) is 16.9. The molecule has 0 aliphatic carbocycles. The molecule has 30 heavy (non-hydrogen) atoms. The summed E-state index contributed by atoms with van der Waals surface area (Å²) in [4.78, 5) is 30.1. The molecule has 3 rings (SSSR count). The molecule has 1 aliphatic heterocycles. The first-order chi connectivity index (χ1) is 14.6. The minimum absolute atomic E-state index is 0.289. The molecule has 158 valence electrons. The van der Waals surface area contributed by atoms with E-state index in [0.29, 0.717) is 55.3 Å². The molecular weight excluding hydrogens is 380 g/mol. The van der Waals surface area contributed by atoms with Crippen molar-refractivity contribution in [2.75, 3.05) is 38.3 Å². The first-order valence-electron chi connectivity index (χ1n) is 10.3. The topological polar surface area (TPSA) is 59.1 Å². The van der Waals surface area contributed by atoms with Gasteiger partial charge in [0.1, 0.15) is 11.4 Å². The average molecular weight is 408 g/mol. The van der Waals surface area contributed by atoms with Crippen molar-refractivity contribution in [1.29, 1.82) is 0 Å². The fourth-order valence-electron chi connectivity index (χ4n) is 3.66. The molecule has 0 saturated carbocycles. The van der Waals surface area contributed by atoms with Crippen LogP contribution >= 0.6 is 0 Å². The van der Waals surface area contributed by atoms with Crippen LogP contribution in [0.25, 0.3) is 5.57 Å². The highest BCUT2D eigenvalue weighted by molar-refractivity contribution is 6.37. The van der Waals surface area contributed by atoms with E-state index >= 15 is 0 Å². The second-order valence-corrected chi connectivity index (χ2v) is 6.82. The molecule has 0 unspecified atom stereocenters. The zero-order valence-electron chi connectivity index (χ0n) is 17.8. The molecule has 0 bridgehead atoms. The Balaban J connectivity index is 2.09. The van der Waals surface area contributed by atoms with Crippen molar-refractivity contribution in [2.45, 2.75) is 20.3 Å². The number of ether oxygens (including phenoxy) is 2. The van der Waals surface area contributed by atoms with E-state index in [1.165, 1.54) is 4.90 Å². The maximum Gasteiger partial charge on any atom is 0.278 e. The van der Waals surface area contributed by atoms with Crippen molar-refractivity contribution in [2.24, 2.45) is 0 Å². The van der Waals surface area contributed by atoms with Crippen LogP contribution in [0.4, 0.5) is 5.69 Å². The molecule has 0 aromatic heterocycles. The molecule has 0 fully saturated rings. The first kappa shape index (κ1) is 21.6. The van der Waals surface area contributed by atoms with Gasteiger partial charge in [0.15, 0.2) is 0 Å². The number of hydrogen-bond acceptors (Lipinski definition) is 5. The number of anilines is 1. The lowest BCUT2D eigenvalue weighted by atomic mass is 10.0. The van der Waals surface area contributed by atoms with Gasteiger partial charge in [0.05, 0.1) is 12.7 Å². The summed E-state index contributed by atoms with van der Waals surface area (Å²) in [5.41, 5.74) is 2.24. The maximum atomic E-state index is 13.5. The molecule has 6 heteroatoms. The van der Waals surface area contributed by atoms with Gasteiger partial charge in [-0.2, -0.15) is 0 Å². The molecule has 1 aliphatic rings. The van der Waals surface area contributed by atoms with Gasteiger partial charge in [-0.3, -0.25) is 14.5 Å². The fraction of sp³-hybridized carbons (Fsp3) is 0.333. The highest BCUT2D eigenvalue weighted by atomic mass is 16.5. The van der Waals surface area contributed by atoms with Gasteiger partial charge in [-0.05, 0) is 38.5 Å². The molecule has 0 spiro atoms. The molecule has 2 aromatic rings. The summed E-state index contributed by atoms with van der Waals surface area (Å²) in [6.07, 6.45) is 0.593. The van der Waals surface area contributed by atoms with Gasteiger partial charge < -0.3 is 14.4 Å². The smallest absolute Gasteiger partial charge is 0.278 e. The van der Waals surface area contributed by atoms with Crippen LogP contribution in [0.3, 0.4) is 0 Å². The third-order valence-electron chi connectivity index (χ3n) is 5.05. The molecule has 2 amide bonds.